The number of pyridine rings is 1. The number of thioether (sulfide) groups is 1. The Hall–Kier alpha value is -1.07. The molecule has 2 rings (SSSR count). The number of carbonyl (C=O) groups excluding carboxylic acids is 1. The number of carbonyl (C=O) groups is 1. The molecule has 1 aliphatic heterocycles. The summed E-state index contributed by atoms with van der Waals surface area (Å²) in [6, 6.07) is 3.95. The van der Waals surface area contributed by atoms with Crippen molar-refractivity contribution >= 4 is 17.7 Å². The van der Waals surface area contributed by atoms with Gasteiger partial charge in [0, 0.05) is 25.5 Å². The number of aliphatic hydroxyl groups is 1. The van der Waals surface area contributed by atoms with Gasteiger partial charge >= 0.3 is 0 Å². The Bertz CT molecular complexity index is 450. The van der Waals surface area contributed by atoms with Crippen molar-refractivity contribution in [2.24, 2.45) is 5.41 Å². The summed E-state index contributed by atoms with van der Waals surface area (Å²) in [5.74, 6) is 0.759. The molecule has 5 heteroatoms. The molecule has 1 aliphatic rings. The molecular formula is C15H22N2O2S. The first-order valence-corrected chi connectivity index (χ1v) is 8.00. The Morgan fingerprint density at radius 1 is 1.45 bits per heavy atom. The molecule has 110 valence electrons. The fourth-order valence-electron chi connectivity index (χ4n) is 2.31. The van der Waals surface area contributed by atoms with Gasteiger partial charge in [-0.15, -0.1) is 11.8 Å². The van der Waals surface area contributed by atoms with E-state index in [0.29, 0.717) is 5.75 Å². The van der Waals surface area contributed by atoms with E-state index >= 15 is 0 Å². The quantitative estimate of drug-likeness (QED) is 0.875. The van der Waals surface area contributed by atoms with Gasteiger partial charge in [0.2, 0.25) is 5.91 Å². The van der Waals surface area contributed by atoms with Crippen LogP contribution >= 0.6 is 11.8 Å². The summed E-state index contributed by atoms with van der Waals surface area (Å²) in [5, 5.41) is 9.39. The lowest BCUT2D eigenvalue weighted by molar-refractivity contribution is -0.128. The third kappa shape index (κ3) is 3.73. The Morgan fingerprint density at radius 3 is 2.80 bits per heavy atom. The number of amides is 1. The van der Waals surface area contributed by atoms with E-state index in [1.165, 1.54) is 0 Å². The van der Waals surface area contributed by atoms with Gasteiger partial charge in [0.05, 0.1) is 5.75 Å². The number of hydrogen-bond donors (Lipinski definition) is 1. The standard InChI is InChI=1S/C15H22N2O2S/c1-15(2,11-18)6-3-9-17-13(19)10-20-14(17)12-4-7-16-8-5-12/h4-5,7-8,14,18H,3,6,9-11H2,1-2H3. The Labute approximate surface area is 124 Å². The van der Waals surface area contributed by atoms with Crippen LogP contribution in [0.5, 0.6) is 0 Å². The van der Waals surface area contributed by atoms with E-state index in [9.17, 15) is 9.90 Å². The van der Waals surface area contributed by atoms with Gasteiger partial charge in [-0.1, -0.05) is 13.8 Å². The van der Waals surface area contributed by atoms with E-state index in [0.717, 1.165) is 24.9 Å². The largest absolute Gasteiger partial charge is 0.396 e. The highest BCUT2D eigenvalue weighted by Gasteiger charge is 2.32. The van der Waals surface area contributed by atoms with Crippen molar-refractivity contribution < 1.29 is 9.90 Å². The smallest absolute Gasteiger partial charge is 0.233 e. The Kier molecular flexibility index (Phi) is 5.05. The van der Waals surface area contributed by atoms with E-state index in [2.05, 4.69) is 4.98 Å². The monoisotopic (exact) mass is 294 g/mol. The zero-order valence-electron chi connectivity index (χ0n) is 12.1. The zero-order chi connectivity index (χ0) is 14.6. The van der Waals surface area contributed by atoms with Gasteiger partial charge in [0.25, 0.3) is 0 Å². The lowest BCUT2D eigenvalue weighted by Gasteiger charge is -2.27. The third-order valence-electron chi connectivity index (χ3n) is 3.64. The minimum absolute atomic E-state index is 0.0674. The fourth-order valence-corrected chi connectivity index (χ4v) is 3.53. The number of nitrogens with zero attached hydrogens (tertiary/aromatic N) is 2. The summed E-state index contributed by atoms with van der Waals surface area (Å²) in [4.78, 5) is 18.0. The average Bonchev–Trinajstić information content (AvgIpc) is 2.81. The van der Waals surface area contributed by atoms with Crippen LogP contribution in [-0.4, -0.2) is 39.8 Å². The summed E-state index contributed by atoms with van der Waals surface area (Å²) in [6.45, 7) is 5.04. The minimum atomic E-state index is -0.0674. The molecule has 0 saturated carbocycles. The SMILES string of the molecule is CC(C)(CO)CCCN1C(=O)CSC1c1ccncc1. The Balaban J connectivity index is 1.96. The molecule has 20 heavy (non-hydrogen) atoms. The topological polar surface area (TPSA) is 53.4 Å². The van der Waals surface area contributed by atoms with Crippen LogP contribution in [0.3, 0.4) is 0 Å². The molecule has 1 aromatic heterocycles. The average molecular weight is 294 g/mol. The highest BCUT2D eigenvalue weighted by molar-refractivity contribution is 8.00. The highest BCUT2D eigenvalue weighted by atomic mass is 32.2. The van der Waals surface area contributed by atoms with Crippen molar-refractivity contribution in [3.05, 3.63) is 30.1 Å². The van der Waals surface area contributed by atoms with Crippen molar-refractivity contribution in [3.8, 4) is 0 Å². The molecule has 0 bridgehead atoms. The van der Waals surface area contributed by atoms with Gasteiger partial charge in [0.1, 0.15) is 5.37 Å². The molecule has 2 heterocycles. The Morgan fingerprint density at radius 2 is 2.15 bits per heavy atom. The molecule has 1 atom stereocenters. The maximum atomic E-state index is 12.0. The van der Waals surface area contributed by atoms with E-state index in [4.69, 9.17) is 0 Å². The molecule has 1 fully saturated rings. The first-order chi connectivity index (χ1) is 9.53. The maximum Gasteiger partial charge on any atom is 0.233 e. The molecule has 0 aliphatic carbocycles. The number of aromatic nitrogens is 1. The van der Waals surface area contributed by atoms with Gasteiger partial charge in [-0.3, -0.25) is 9.78 Å². The normalized spacial score (nSPS) is 19.6. The van der Waals surface area contributed by atoms with E-state index in [-0.39, 0.29) is 23.3 Å². The number of aliphatic hydroxyl groups excluding tert-OH is 1. The van der Waals surface area contributed by atoms with E-state index < -0.39 is 0 Å². The van der Waals surface area contributed by atoms with Crippen LogP contribution in [0, 0.1) is 5.41 Å². The zero-order valence-corrected chi connectivity index (χ0v) is 12.9. The molecule has 4 nitrogen and oxygen atoms in total. The molecule has 0 radical (unpaired) electrons. The minimum Gasteiger partial charge on any atom is -0.396 e. The molecule has 1 amide bonds. The second kappa shape index (κ2) is 6.59. The van der Waals surface area contributed by atoms with Crippen LogP contribution in [0.25, 0.3) is 0 Å². The lowest BCUT2D eigenvalue weighted by atomic mass is 9.89. The van der Waals surface area contributed by atoms with Crippen LogP contribution in [0.2, 0.25) is 0 Å². The van der Waals surface area contributed by atoms with Crippen LogP contribution in [-0.2, 0) is 4.79 Å². The van der Waals surface area contributed by atoms with Gasteiger partial charge in [-0.2, -0.15) is 0 Å². The van der Waals surface area contributed by atoms with Crippen LogP contribution < -0.4 is 0 Å². The maximum absolute atomic E-state index is 12.0. The highest BCUT2D eigenvalue weighted by Crippen LogP contribution is 2.38. The van der Waals surface area contributed by atoms with E-state index in [1.54, 1.807) is 24.2 Å². The van der Waals surface area contributed by atoms with Crippen molar-refractivity contribution in [1.29, 1.82) is 0 Å². The third-order valence-corrected chi connectivity index (χ3v) is 4.90. The number of rotatable bonds is 6. The number of hydrogen-bond acceptors (Lipinski definition) is 4. The summed E-state index contributed by atoms with van der Waals surface area (Å²) in [6.07, 6.45) is 5.37. The second-order valence-corrected chi connectivity index (χ2v) is 7.03. The van der Waals surface area contributed by atoms with Crippen LogP contribution in [0.15, 0.2) is 24.5 Å². The molecule has 0 aromatic carbocycles. The molecule has 1 N–H and O–H groups in total. The summed E-state index contributed by atoms with van der Waals surface area (Å²) >= 11 is 1.67. The first kappa shape index (κ1) is 15.3. The van der Waals surface area contributed by atoms with Crippen molar-refractivity contribution in [1.82, 2.24) is 9.88 Å². The lowest BCUT2D eigenvalue weighted by Crippen LogP contribution is -2.30. The van der Waals surface area contributed by atoms with Crippen LogP contribution in [0.4, 0.5) is 0 Å². The summed E-state index contributed by atoms with van der Waals surface area (Å²) in [5.41, 5.74) is 1.07. The van der Waals surface area contributed by atoms with Crippen LogP contribution in [0.1, 0.15) is 37.6 Å². The van der Waals surface area contributed by atoms with Gasteiger partial charge in [-0.25, -0.2) is 0 Å². The molecule has 1 unspecified atom stereocenters. The molecule has 1 saturated heterocycles. The fraction of sp³-hybridized carbons (Fsp3) is 0.600. The van der Waals surface area contributed by atoms with Gasteiger partial charge in [0.15, 0.2) is 0 Å². The predicted molar refractivity (Wildman–Crippen MR) is 81.2 cm³/mol. The van der Waals surface area contributed by atoms with Gasteiger partial charge in [-0.05, 0) is 36.0 Å². The van der Waals surface area contributed by atoms with Crippen molar-refractivity contribution in [2.75, 3.05) is 18.9 Å². The van der Waals surface area contributed by atoms with Gasteiger partial charge < -0.3 is 10.0 Å². The predicted octanol–water partition coefficient (Wildman–Crippen LogP) is 2.45. The molecule has 0 spiro atoms. The second-order valence-electron chi connectivity index (χ2n) is 5.96. The molecule has 1 aromatic rings. The summed E-state index contributed by atoms with van der Waals surface area (Å²) in [7, 11) is 0. The summed E-state index contributed by atoms with van der Waals surface area (Å²) < 4.78 is 0. The van der Waals surface area contributed by atoms with E-state index in [1.807, 2.05) is 30.9 Å². The van der Waals surface area contributed by atoms with Crippen molar-refractivity contribution in [2.45, 2.75) is 32.1 Å². The van der Waals surface area contributed by atoms with Crippen molar-refractivity contribution in [3.63, 3.8) is 0 Å². The molecular weight excluding hydrogens is 272 g/mol. The first-order valence-electron chi connectivity index (χ1n) is 6.95.